The van der Waals surface area contributed by atoms with Crippen LogP contribution in [0.4, 0.5) is 0 Å². The quantitative estimate of drug-likeness (QED) is 0.425. The number of methoxy groups -OCH3 is 1. The largest absolute Gasteiger partial charge is 0.497 e. The Morgan fingerprint density at radius 1 is 1.23 bits per heavy atom. The van der Waals surface area contributed by atoms with Gasteiger partial charge in [-0.3, -0.25) is 4.79 Å². The number of nitrogens with zero attached hydrogens (tertiary/aromatic N) is 4. The third-order valence-electron chi connectivity index (χ3n) is 4.43. The number of carbonyl (C=O) groups excluding carboxylic acids is 1. The first kappa shape index (κ1) is 21.6. The van der Waals surface area contributed by atoms with Crippen molar-refractivity contribution in [1.29, 1.82) is 0 Å². The van der Waals surface area contributed by atoms with Gasteiger partial charge < -0.3 is 14.8 Å². The SMILES string of the molecule is C#CCOc1ccc(CCNC(=O)/C(=C/c2cccc(OC)c2)n2nnnc2C)cc1. The van der Waals surface area contributed by atoms with Gasteiger partial charge in [0.05, 0.1) is 7.11 Å². The van der Waals surface area contributed by atoms with Crippen molar-refractivity contribution in [2.24, 2.45) is 0 Å². The maximum absolute atomic E-state index is 12.9. The number of aromatic nitrogens is 4. The van der Waals surface area contributed by atoms with E-state index in [1.165, 1.54) is 4.68 Å². The molecule has 1 aromatic heterocycles. The average Bonchev–Trinajstić information content (AvgIpc) is 3.22. The number of terminal acetylenes is 1. The fourth-order valence-electron chi connectivity index (χ4n) is 2.85. The van der Waals surface area contributed by atoms with Gasteiger partial charge in [-0.25, -0.2) is 0 Å². The van der Waals surface area contributed by atoms with Gasteiger partial charge in [0.2, 0.25) is 0 Å². The molecule has 0 aliphatic rings. The molecule has 8 heteroatoms. The fourth-order valence-corrected chi connectivity index (χ4v) is 2.85. The molecule has 0 radical (unpaired) electrons. The molecule has 0 saturated carbocycles. The van der Waals surface area contributed by atoms with Gasteiger partial charge in [-0.2, -0.15) is 4.68 Å². The summed E-state index contributed by atoms with van der Waals surface area (Å²) in [5, 5.41) is 14.4. The smallest absolute Gasteiger partial charge is 0.270 e. The van der Waals surface area contributed by atoms with Crippen molar-refractivity contribution in [1.82, 2.24) is 25.5 Å². The predicted octanol–water partition coefficient (Wildman–Crippen LogP) is 2.36. The zero-order chi connectivity index (χ0) is 22.1. The minimum absolute atomic E-state index is 0.231. The lowest BCUT2D eigenvalue weighted by Gasteiger charge is -2.10. The maximum Gasteiger partial charge on any atom is 0.270 e. The van der Waals surface area contributed by atoms with Crippen LogP contribution in [-0.4, -0.2) is 46.4 Å². The van der Waals surface area contributed by atoms with Crippen LogP contribution in [0.3, 0.4) is 0 Å². The normalized spacial score (nSPS) is 10.9. The van der Waals surface area contributed by atoms with E-state index >= 15 is 0 Å². The van der Waals surface area contributed by atoms with Crippen LogP contribution in [0.15, 0.2) is 48.5 Å². The molecular weight excluding hydrogens is 394 g/mol. The number of hydrogen-bond donors (Lipinski definition) is 1. The highest BCUT2D eigenvalue weighted by molar-refractivity contribution is 6.18. The van der Waals surface area contributed by atoms with Gasteiger partial charge >= 0.3 is 0 Å². The first-order valence-electron chi connectivity index (χ1n) is 9.65. The molecule has 0 spiro atoms. The highest BCUT2D eigenvalue weighted by Gasteiger charge is 2.16. The summed E-state index contributed by atoms with van der Waals surface area (Å²) in [4.78, 5) is 12.9. The standard InChI is InChI=1S/C23H23N5O3/c1-4-14-31-20-10-8-18(9-11-20)12-13-24-23(29)22(28-17(2)25-26-27-28)16-19-6-5-7-21(15-19)30-3/h1,5-11,15-16H,12-14H2,2-3H3,(H,24,29)/b22-16-. The van der Waals surface area contributed by atoms with Gasteiger partial charge in [-0.05, 0) is 65.2 Å². The van der Waals surface area contributed by atoms with E-state index in [-0.39, 0.29) is 12.5 Å². The van der Waals surface area contributed by atoms with Crippen molar-refractivity contribution in [3.05, 3.63) is 65.5 Å². The zero-order valence-corrected chi connectivity index (χ0v) is 17.4. The topological polar surface area (TPSA) is 91.2 Å². The second kappa shape index (κ2) is 10.6. The molecule has 1 N–H and O–H groups in total. The minimum atomic E-state index is -0.285. The number of ether oxygens (including phenoxy) is 2. The summed E-state index contributed by atoms with van der Waals surface area (Å²) in [6, 6.07) is 15.0. The molecule has 2 aromatic carbocycles. The van der Waals surface area contributed by atoms with E-state index in [0.717, 1.165) is 11.1 Å². The third kappa shape index (κ3) is 5.93. The highest BCUT2D eigenvalue weighted by atomic mass is 16.5. The van der Waals surface area contributed by atoms with Crippen molar-refractivity contribution < 1.29 is 14.3 Å². The Labute approximate surface area is 180 Å². The van der Waals surface area contributed by atoms with Crippen molar-refractivity contribution >= 4 is 17.7 Å². The second-order valence-electron chi connectivity index (χ2n) is 6.59. The summed E-state index contributed by atoms with van der Waals surface area (Å²) in [7, 11) is 1.59. The van der Waals surface area contributed by atoms with Crippen LogP contribution in [0.25, 0.3) is 11.8 Å². The molecule has 3 rings (SSSR count). The van der Waals surface area contributed by atoms with Crippen LogP contribution in [0.2, 0.25) is 0 Å². The Balaban J connectivity index is 1.70. The third-order valence-corrected chi connectivity index (χ3v) is 4.43. The molecule has 1 amide bonds. The van der Waals surface area contributed by atoms with Crippen LogP contribution in [0.1, 0.15) is 17.0 Å². The van der Waals surface area contributed by atoms with E-state index in [1.807, 2.05) is 48.5 Å². The molecule has 1 heterocycles. The number of carbonyl (C=O) groups is 1. The molecule has 0 unspecified atom stereocenters. The molecule has 0 aliphatic heterocycles. The Morgan fingerprint density at radius 2 is 2.03 bits per heavy atom. The van der Waals surface area contributed by atoms with Crippen molar-refractivity contribution in [2.75, 3.05) is 20.3 Å². The van der Waals surface area contributed by atoms with E-state index < -0.39 is 0 Å². The summed E-state index contributed by atoms with van der Waals surface area (Å²) in [5.41, 5.74) is 2.17. The first-order valence-corrected chi connectivity index (χ1v) is 9.65. The molecule has 0 fully saturated rings. The van der Waals surface area contributed by atoms with Gasteiger partial charge in [0.25, 0.3) is 5.91 Å². The Bertz CT molecular complexity index is 1100. The second-order valence-corrected chi connectivity index (χ2v) is 6.59. The average molecular weight is 417 g/mol. The Kier molecular flexibility index (Phi) is 7.38. The number of hydrogen-bond acceptors (Lipinski definition) is 6. The van der Waals surface area contributed by atoms with Crippen LogP contribution in [0, 0.1) is 19.3 Å². The van der Waals surface area contributed by atoms with Crippen molar-refractivity contribution in [3.8, 4) is 23.8 Å². The van der Waals surface area contributed by atoms with E-state index in [9.17, 15) is 4.79 Å². The Hall–Kier alpha value is -4.12. The zero-order valence-electron chi connectivity index (χ0n) is 17.4. The number of aryl methyl sites for hydroxylation is 1. The van der Waals surface area contributed by atoms with E-state index in [1.54, 1.807) is 20.1 Å². The molecule has 0 saturated heterocycles. The molecule has 31 heavy (non-hydrogen) atoms. The lowest BCUT2D eigenvalue weighted by molar-refractivity contribution is -0.115. The van der Waals surface area contributed by atoms with E-state index in [2.05, 4.69) is 26.8 Å². The van der Waals surface area contributed by atoms with Crippen LogP contribution >= 0.6 is 0 Å². The fraction of sp³-hybridized carbons (Fsp3) is 0.217. The van der Waals surface area contributed by atoms with Gasteiger partial charge in [-0.15, -0.1) is 11.5 Å². The summed E-state index contributed by atoms with van der Waals surface area (Å²) >= 11 is 0. The highest BCUT2D eigenvalue weighted by Crippen LogP contribution is 2.18. The number of tetrazole rings is 1. The maximum atomic E-state index is 12.9. The summed E-state index contributed by atoms with van der Waals surface area (Å²) in [5.74, 6) is 4.05. The van der Waals surface area contributed by atoms with Gasteiger partial charge in [-0.1, -0.05) is 30.2 Å². The van der Waals surface area contributed by atoms with Crippen molar-refractivity contribution in [3.63, 3.8) is 0 Å². The number of rotatable bonds is 9. The lowest BCUT2D eigenvalue weighted by atomic mass is 10.1. The van der Waals surface area contributed by atoms with Crippen LogP contribution in [-0.2, 0) is 11.2 Å². The number of nitrogens with one attached hydrogen (secondary N) is 1. The lowest BCUT2D eigenvalue weighted by Crippen LogP contribution is -2.29. The summed E-state index contributed by atoms with van der Waals surface area (Å²) in [6.07, 6.45) is 7.57. The van der Waals surface area contributed by atoms with E-state index in [0.29, 0.717) is 36.0 Å². The summed E-state index contributed by atoms with van der Waals surface area (Å²) in [6.45, 7) is 2.41. The van der Waals surface area contributed by atoms with Gasteiger partial charge in [0, 0.05) is 6.54 Å². The molecule has 3 aromatic rings. The van der Waals surface area contributed by atoms with Gasteiger partial charge in [0.1, 0.15) is 23.8 Å². The van der Waals surface area contributed by atoms with E-state index in [4.69, 9.17) is 15.9 Å². The van der Waals surface area contributed by atoms with Crippen LogP contribution in [0.5, 0.6) is 11.5 Å². The molecule has 0 bridgehead atoms. The predicted molar refractivity (Wildman–Crippen MR) is 117 cm³/mol. The number of amides is 1. The molecule has 0 aliphatic carbocycles. The molecule has 158 valence electrons. The monoisotopic (exact) mass is 417 g/mol. The van der Waals surface area contributed by atoms with Crippen molar-refractivity contribution in [2.45, 2.75) is 13.3 Å². The number of benzene rings is 2. The molecule has 0 atom stereocenters. The minimum Gasteiger partial charge on any atom is -0.497 e. The Morgan fingerprint density at radius 3 is 2.71 bits per heavy atom. The summed E-state index contributed by atoms with van der Waals surface area (Å²) < 4.78 is 12.0. The van der Waals surface area contributed by atoms with Gasteiger partial charge in [0.15, 0.2) is 5.82 Å². The van der Waals surface area contributed by atoms with Crippen LogP contribution < -0.4 is 14.8 Å². The first-order chi connectivity index (χ1) is 15.1. The molecule has 8 nitrogen and oxygen atoms in total. The molecular formula is C23H23N5O3.